The molecule has 21 heavy (non-hydrogen) atoms. The maximum absolute atomic E-state index is 6.02. The molecule has 0 saturated heterocycles. The zero-order valence-corrected chi connectivity index (χ0v) is 13.6. The summed E-state index contributed by atoms with van der Waals surface area (Å²) in [7, 11) is 2.09. The van der Waals surface area contributed by atoms with Gasteiger partial charge in [0.25, 0.3) is 0 Å². The number of hydrogen-bond donors (Lipinski definition) is 1. The molecule has 0 aliphatic heterocycles. The molecular formula is C17H29N3O. The Bertz CT molecular complexity index is 464. The monoisotopic (exact) mass is 291 g/mol. The Hall–Kier alpha value is -0.870. The Kier molecular flexibility index (Phi) is 4.36. The molecular weight excluding hydrogens is 262 g/mol. The van der Waals surface area contributed by atoms with Crippen molar-refractivity contribution in [2.45, 2.75) is 70.6 Å². The zero-order valence-electron chi connectivity index (χ0n) is 13.6. The van der Waals surface area contributed by atoms with E-state index in [1.54, 1.807) is 0 Å². The van der Waals surface area contributed by atoms with Gasteiger partial charge in [-0.15, -0.1) is 0 Å². The van der Waals surface area contributed by atoms with Crippen LogP contribution in [0.4, 0.5) is 0 Å². The minimum Gasteiger partial charge on any atom is -0.378 e. The van der Waals surface area contributed by atoms with Crippen molar-refractivity contribution in [3.63, 3.8) is 0 Å². The van der Waals surface area contributed by atoms with Gasteiger partial charge in [-0.25, -0.2) is 4.98 Å². The highest BCUT2D eigenvalue weighted by atomic mass is 16.5. The van der Waals surface area contributed by atoms with Crippen molar-refractivity contribution in [3.8, 4) is 0 Å². The second-order valence-corrected chi connectivity index (χ2v) is 6.73. The second kappa shape index (κ2) is 6.09. The quantitative estimate of drug-likeness (QED) is 0.875. The lowest BCUT2D eigenvalue weighted by atomic mass is 9.60. The molecule has 1 heterocycles. The lowest BCUT2D eigenvalue weighted by Gasteiger charge is -2.55. The van der Waals surface area contributed by atoms with E-state index < -0.39 is 0 Å². The summed E-state index contributed by atoms with van der Waals surface area (Å²) < 4.78 is 8.16. The van der Waals surface area contributed by atoms with E-state index in [0.717, 1.165) is 13.0 Å². The highest BCUT2D eigenvalue weighted by Gasteiger charge is 2.56. The average Bonchev–Trinajstić information content (AvgIpc) is 3.13. The third-order valence-electron chi connectivity index (χ3n) is 5.71. The van der Waals surface area contributed by atoms with Crippen molar-refractivity contribution < 1.29 is 4.74 Å². The molecule has 0 aromatic carbocycles. The van der Waals surface area contributed by atoms with Gasteiger partial charge in [0.05, 0.1) is 18.1 Å². The molecule has 3 rings (SSSR count). The first-order valence-corrected chi connectivity index (χ1v) is 8.55. The van der Waals surface area contributed by atoms with Crippen molar-refractivity contribution in [1.29, 1.82) is 0 Å². The van der Waals surface area contributed by atoms with Gasteiger partial charge in [-0.3, -0.25) is 0 Å². The fourth-order valence-corrected chi connectivity index (χ4v) is 4.48. The molecule has 0 amide bonds. The number of ether oxygens (including phenoxy) is 1. The molecule has 4 nitrogen and oxygen atoms in total. The minimum absolute atomic E-state index is 0.405. The van der Waals surface area contributed by atoms with Gasteiger partial charge < -0.3 is 14.6 Å². The van der Waals surface area contributed by atoms with Crippen LogP contribution in [0.25, 0.3) is 0 Å². The van der Waals surface area contributed by atoms with Gasteiger partial charge in [-0.05, 0) is 32.6 Å². The van der Waals surface area contributed by atoms with Crippen LogP contribution in [-0.4, -0.2) is 28.3 Å². The molecule has 1 spiro atoms. The lowest BCUT2D eigenvalue weighted by Crippen LogP contribution is -2.63. The molecule has 1 N–H and O–H groups in total. The summed E-state index contributed by atoms with van der Waals surface area (Å²) in [6.45, 7) is 5.22. The Morgan fingerprint density at radius 1 is 1.43 bits per heavy atom. The fraction of sp³-hybridized carbons (Fsp3) is 0.824. The highest BCUT2D eigenvalue weighted by molar-refractivity contribution is 5.13. The van der Waals surface area contributed by atoms with E-state index in [9.17, 15) is 0 Å². The van der Waals surface area contributed by atoms with E-state index >= 15 is 0 Å². The van der Waals surface area contributed by atoms with Gasteiger partial charge in [-0.2, -0.15) is 0 Å². The first kappa shape index (κ1) is 15.0. The van der Waals surface area contributed by atoms with Crippen molar-refractivity contribution in [2.24, 2.45) is 12.5 Å². The van der Waals surface area contributed by atoms with Crippen LogP contribution in [0.5, 0.6) is 0 Å². The summed E-state index contributed by atoms with van der Waals surface area (Å²) in [5.41, 5.74) is 1.70. The summed E-state index contributed by atoms with van der Waals surface area (Å²) in [5, 5.41) is 3.93. The molecule has 0 radical (unpaired) electrons. The predicted octanol–water partition coefficient (Wildman–Crippen LogP) is 3.20. The average molecular weight is 291 g/mol. The molecule has 0 bridgehead atoms. The fourth-order valence-electron chi connectivity index (χ4n) is 4.48. The molecule has 3 unspecified atom stereocenters. The standard InChI is InChI=1S/C17H29N3O/c1-4-13(14-11-18-12-20(14)3)19-15-10-16(21-5-2)17(15)8-6-7-9-17/h11-13,15-16,19H,4-10H2,1-3H3. The Morgan fingerprint density at radius 3 is 2.76 bits per heavy atom. The molecule has 3 atom stereocenters. The Balaban J connectivity index is 1.71. The van der Waals surface area contributed by atoms with E-state index in [1.807, 2.05) is 12.5 Å². The first-order valence-electron chi connectivity index (χ1n) is 8.55. The summed E-state index contributed by atoms with van der Waals surface area (Å²) >= 11 is 0. The first-order chi connectivity index (χ1) is 10.2. The van der Waals surface area contributed by atoms with Crippen molar-refractivity contribution in [1.82, 2.24) is 14.9 Å². The summed E-state index contributed by atoms with van der Waals surface area (Å²) in [4.78, 5) is 4.27. The van der Waals surface area contributed by atoms with Crippen molar-refractivity contribution in [2.75, 3.05) is 6.61 Å². The molecule has 4 heteroatoms. The smallest absolute Gasteiger partial charge is 0.0946 e. The normalized spacial score (nSPS) is 28.7. The zero-order chi connectivity index (χ0) is 14.9. The van der Waals surface area contributed by atoms with Crippen LogP contribution >= 0.6 is 0 Å². The summed E-state index contributed by atoms with van der Waals surface area (Å²) in [5.74, 6) is 0. The lowest BCUT2D eigenvalue weighted by molar-refractivity contribution is -0.133. The third-order valence-corrected chi connectivity index (χ3v) is 5.71. The van der Waals surface area contributed by atoms with Crippen LogP contribution in [0, 0.1) is 5.41 Å². The number of aromatic nitrogens is 2. The molecule has 2 aliphatic rings. The van der Waals surface area contributed by atoms with Crippen molar-refractivity contribution >= 4 is 0 Å². The predicted molar refractivity (Wildman–Crippen MR) is 84.1 cm³/mol. The Morgan fingerprint density at radius 2 is 2.19 bits per heavy atom. The molecule has 2 saturated carbocycles. The summed E-state index contributed by atoms with van der Waals surface area (Å²) in [6.07, 6.45) is 12.0. The van der Waals surface area contributed by atoms with Gasteiger partial charge >= 0.3 is 0 Å². The number of nitrogens with zero attached hydrogens (tertiary/aromatic N) is 2. The van der Waals surface area contributed by atoms with Gasteiger partial charge in [0.15, 0.2) is 0 Å². The van der Waals surface area contributed by atoms with Gasteiger partial charge in [0.2, 0.25) is 0 Å². The SMILES string of the molecule is CCOC1CC(NC(CC)c2cncn2C)C12CCCC2. The number of imidazole rings is 1. The largest absolute Gasteiger partial charge is 0.378 e. The summed E-state index contributed by atoms with van der Waals surface area (Å²) in [6, 6.07) is 1.01. The van der Waals surface area contributed by atoms with E-state index in [2.05, 4.69) is 35.8 Å². The van der Waals surface area contributed by atoms with Crippen LogP contribution in [0.1, 0.15) is 64.1 Å². The van der Waals surface area contributed by atoms with Crippen LogP contribution in [0.3, 0.4) is 0 Å². The van der Waals surface area contributed by atoms with E-state index in [1.165, 1.54) is 37.8 Å². The number of aryl methyl sites for hydroxylation is 1. The van der Waals surface area contributed by atoms with Crippen LogP contribution in [0.15, 0.2) is 12.5 Å². The van der Waals surface area contributed by atoms with Crippen LogP contribution < -0.4 is 5.32 Å². The highest BCUT2D eigenvalue weighted by Crippen LogP contribution is 2.55. The maximum Gasteiger partial charge on any atom is 0.0946 e. The molecule has 2 fully saturated rings. The Labute approximate surface area is 128 Å². The minimum atomic E-state index is 0.405. The van der Waals surface area contributed by atoms with Crippen molar-refractivity contribution in [3.05, 3.63) is 18.2 Å². The molecule has 1 aromatic heterocycles. The van der Waals surface area contributed by atoms with Gasteiger partial charge in [0.1, 0.15) is 0 Å². The maximum atomic E-state index is 6.02. The molecule has 2 aliphatic carbocycles. The van der Waals surface area contributed by atoms with Crippen LogP contribution in [0.2, 0.25) is 0 Å². The third kappa shape index (κ3) is 2.53. The van der Waals surface area contributed by atoms with Gasteiger partial charge in [0, 0.05) is 37.4 Å². The van der Waals surface area contributed by atoms with Crippen LogP contribution in [-0.2, 0) is 11.8 Å². The number of hydrogen-bond acceptors (Lipinski definition) is 3. The van der Waals surface area contributed by atoms with Gasteiger partial charge in [-0.1, -0.05) is 19.8 Å². The molecule has 118 valence electrons. The van der Waals surface area contributed by atoms with E-state index in [0.29, 0.717) is 23.6 Å². The van der Waals surface area contributed by atoms with E-state index in [-0.39, 0.29) is 0 Å². The topological polar surface area (TPSA) is 39.1 Å². The number of nitrogens with one attached hydrogen (secondary N) is 1. The van der Waals surface area contributed by atoms with E-state index in [4.69, 9.17) is 4.74 Å². The number of rotatable bonds is 6. The second-order valence-electron chi connectivity index (χ2n) is 6.73. The molecule has 1 aromatic rings.